The molecule has 0 bridgehead atoms. The molecule has 0 aliphatic heterocycles. The average Bonchev–Trinajstić information content (AvgIpc) is 2.47. The molecule has 124 valence electrons. The van der Waals surface area contributed by atoms with Gasteiger partial charge in [-0.25, -0.2) is 0 Å². The van der Waals surface area contributed by atoms with Gasteiger partial charge in [-0.05, 0) is 56.4 Å². The van der Waals surface area contributed by atoms with Gasteiger partial charge in [0.2, 0.25) is 0 Å². The predicted octanol–water partition coefficient (Wildman–Crippen LogP) is 7.18. The Morgan fingerprint density at radius 3 is 1.39 bits per heavy atom. The maximum atomic E-state index is 6.66. The average molecular weight is 349 g/mol. The summed E-state index contributed by atoms with van der Waals surface area (Å²) in [4.78, 5) is -0.787. The van der Waals surface area contributed by atoms with E-state index < -0.39 is 9.75 Å². The van der Waals surface area contributed by atoms with E-state index in [-0.39, 0.29) is 0 Å². The van der Waals surface area contributed by atoms with Gasteiger partial charge >= 0.3 is 0 Å². The Bertz CT molecular complexity index is 603. The van der Waals surface area contributed by atoms with E-state index in [0.29, 0.717) is 5.92 Å². The van der Waals surface area contributed by atoms with Crippen molar-refractivity contribution >= 4 is 23.2 Å². The third-order valence-corrected chi connectivity index (χ3v) is 4.77. The molecule has 2 heteroatoms. The van der Waals surface area contributed by atoms with Gasteiger partial charge in [-0.15, -0.1) is 23.2 Å². The van der Waals surface area contributed by atoms with Crippen molar-refractivity contribution in [3.63, 3.8) is 0 Å². The molecule has 2 aromatic carbocycles. The Balaban J connectivity index is 2.64. The van der Waals surface area contributed by atoms with Crippen molar-refractivity contribution in [2.75, 3.05) is 0 Å². The van der Waals surface area contributed by atoms with Crippen LogP contribution >= 0.6 is 23.2 Å². The van der Waals surface area contributed by atoms with E-state index in [1.165, 1.54) is 22.3 Å². The minimum absolute atomic E-state index is 0.290. The van der Waals surface area contributed by atoms with Gasteiger partial charge in [-0.3, -0.25) is 0 Å². The molecule has 2 aromatic rings. The highest BCUT2D eigenvalue weighted by molar-refractivity contribution is 6.24. The number of hydrogen-bond donors (Lipinski definition) is 0. The monoisotopic (exact) mass is 348 g/mol. The number of halogens is 2. The lowest BCUT2D eigenvalue weighted by molar-refractivity contribution is 0.681. The summed E-state index contributed by atoms with van der Waals surface area (Å²) in [7, 11) is 0. The van der Waals surface area contributed by atoms with Gasteiger partial charge in [-0.1, -0.05) is 55.5 Å². The van der Waals surface area contributed by atoms with Crippen molar-refractivity contribution in [3.05, 3.63) is 70.8 Å². The number of rotatable bonds is 5. The molecular weight excluding hydrogens is 323 g/mol. The van der Waals surface area contributed by atoms with Crippen molar-refractivity contribution in [2.45, 2.75) is 56.7 Å². The lowest BCUT2D eigenvalue weighted by Gasteiger charge is -2.29. The van der Waals surface area contributed by atoms with Gasteiger partial charge in [0, 0.05) is 5.92 Å². The highest BCUT2D eigenvalue weighted by Gasteiger charge is 2.28. The first-order valence-electron chi connectivity index (χ1n) is 8.23. The quantitative estimate of drug-likeness (QED) is 0.502. The Labute approximate surface area is 150 Å². The molecular formula is C21H26Cl2. The molecule has 0 heterocycles. The van der Waals surface area contributed by atoms with Gasteiger partial charge in [0.15, 0.2) is 0 Å². The summed E-state index contributed by atoms with van der Waals surface area (Å²) in [5.74, 6) is 0.290. The number of hydrogen-bond acceptors (Lipinski definition) is 0. The van der Waals surface area contributed by atoms with Gasteiger partial charge < -0.3 is 0 Å². The summed E-state index contributed by atoms with van der Waals surface area (Å²) in [6.07, 6.45) is 1.01. The predicted molar refractivity (Wildman–Crippen MR) is 103 cm³/mol. The fraction of sp³-hybridized carbons (Fsp3) is 0.429. The minimum Gasteiger partial charge on any atom is -0.115 e. The molecule has 0 aliphatic carbocycles. The van der Waals surface area contributed by atoms with E-state index in [4.69, 9.17) is 23.2 Å². The molecule has 0 spiro atoms. The molecule has 0 atom stereocenters. The summed E-state index contributed by atoms with van der Waals surface area (Å²) in [5.41, 5.74) is 4.97. The Morgan fingerprint density at radius 2 is 1.09 bits per heavy atom. The normalized spacial score (nSPS) is 12.7. The van der Waals surface area contributed by atoms with Crippen LogP contribution < -0.4 is 0 Å². The minimum atomic E-state index is -0.393. The fourth-order valence-corrected chi connectivity index (χ4v) is 3.64. The van der Waals surface area contributed by atoms with E-state index in [9.17, 15) is 0 Å². The standard InChI is InChI=1S/C21H26Cl2/c1-6-15(16-11-7-9-13-18(16)20(2,3)22)17-12-8-10-14-19(17)21(4,5)23/h7-15H,6H2,1-5H3. The van der Waals surface area contributed by atoms with Crippen LogP contribution in [0.25, 0.3) is 0 Å². The van der Waals surface area contributed by atoms with Crippen LogP contribution in [0.4, 0.5) is 0 Å². The molecule has 23 heavy (non-hydrogen) atoms. The molecule has 0 saturated heterocycles. The van der Waals surface area contributed by atoms with Crippen molar-refractivity contribution in [3.8, 4) is 0 Å². The van der Waals surface area contributed by atoms with Crippen molar-refractivity contribution in [1.29, 1.82) is 0 Å². The molecule has 0 fully saturated rings. The summed E-state index contributed by atoms with van der Waals surface area (Å²) in [6.45, 7) is 10.4. The number of benzene rings is 2. The second-order valence-electron chi connectivity index (χ2n) is 7.08. The maximum absolute atomic E-state index is 6.66. The van der Waals surface area contributed by atoms with Gasteiger partial charge in [-0.2, -0.15) is 0 Å². The second kappa shape index (κ2) is 6.87. The third kappa shape index (κ3) is 4.11. The molecule has 0 aromatic heterocycles. The summed E-state index contributed by atoms with van der Waals surface area (Å²) in [5, 5.41) is 0. The highest BCUT2D eigenvalue weighted by atomic mass is 35.5. The zero-order valence-electron chi connectivity index (χ0n) is 14.7. The fourth-order valence-electron chi connectivity index (χ4n) is 3.29. The van der Waals surface area contributed by atoms with Crippen molar-refractivity contribution in [2.24, 2.45) is 0 Å². The van der Waals surface area contributed by atoms with Crippen LogP contribution in [-0.4, -0.2) is 0 Å². The largest absolute Gasteiger partial charge is 0.115 e. The Hall–Kier alpha value is -0.980. The van der Waals surface area contributed by atoms with Crippen LogP contribution in [-0.2, 0) is 9.75 Å². The van der Waals surface area contributed by atoms with Gasteiger partial charge in [0.05, 0.1) is 9.75 Å². The summed E-state index contributed by atoms with van der Waals surface area (Å²) in [6, 6.07) is 17.0. The van der Waals surface area contributed by atoms with Crippen LogP contribution in [0.5, 0.6) is 0 Å². The molecule has 0 radical (unpaired) electrons. The zero-order chi connectivity index (χ0) is 17.3. The van der Waals surface area contributed by atoms with Crippen LogP contribution in [0.15, 0.2) is 48.5 Å². The first kappa shape index (κ1) is 18.4. The van der Waals surface area contributed by atoms with E-state index in [1.807, 2.05) is 0 Å². The van der Waals surface area contributed by atoms with Crippen molar-refractivity contribution in [1.82, 2.24) is 0 Å². The molecule has 0 N–H and O–H groups in total. The Kier molecular flexibility index (Phi) is 5.48. The van der Waals surface area contributed by atoms with Crippen molar-refractivity contribution < 1.29 is 0 Å². The lowest BCUT2D eigenvalue weighted by atomic mass is 9.79. The SMILES string of the molecule is CCC(c1ccccc1C(C)(C)Cl)c1ccccc1C(C)(C)Cl. The van der Waals surface area contributed by atoms with Crippen LogP contribution in [0, 0.1) is 0 Å². The van der Waals surface area contributed by atoms with Gasteiger partial charge in [0.25, 0.3) is 0 Å². The van der Waals surface area contributed by atoms with Crippen LogP contribution in [0.3, 0.4) is 0 Å². The van der Waals surface area contributed by atoms with Gasteiger partial charge in [0.1, 0.15) is 0 Å². The molecule has 0 nitrogen and oxygen atoms in total. The van der Waals surface area contributed by atoms with Crippen LogP contribution in [0.2, 0.25) is 0 Å². The van der Waals surface area contributed by atoms with E-state index in [1.54, 1.807) is 0 Å². The number of alkyl halides is 2. The smallest absolute Gasteiger partial charge is 0.0641 e. The third-order valence-electron chi connectivity index (χ3n) is 4.36. The molecule has 0 amide bonds. The Morgan fingerprint density at radius 1 is 0.739 bits per heavy atom. The first-order valence-corrected chi connectivity index (χ1v) is 8.98. The maximum Gasteiger partial charge on any atom is 0.0641 e. The molecule has 0 unspecified atom stereocenters. The summed E-state index contributed by atoms with van der Waals surface area (Å²) < 4.78 is 0. The lowest BCUT2D eigenvalue weighted by Crippen LogP contribution is -2.17. The highest BCUT2D eigenvalue weighted by Crippen LogP contribution is 2.41. The van der Waals surface area contributed by atoms with E-state index in [2.05, 4.69) is 83.1 Å². The summed E-state index contributed by atoms with van der Waals surface area (Å²) >= 11 is 13.3. The molecule has 2 rings (SSSR count). The topological polar surface area (TPSA) is 0 Å². The van der Waals surface area contributed by atoms with E-state index >= 15 is 0 Å². The zero-order valence-corrected chi connectivity index (χ0v) is 16.2. The van der Waals surface area contributed by atoms with E-state index in [0.717, 1.165) is 6.42 Å². The second-order valence-corrected chi connectivity index (χ2v) is 8.97. The molecule has 0 aliphatic rings. The first-order chi connectivity index (χ1) is 10.7. The molecule has 0 saturated carbocycles. The van der Waals surface area contributed by atoms with Crippen LogP contribution in [0.1, 0.15) is 69.2 Å².